The lowest BCUT2D eigenvalue weighted by Gasteiger charge is -2.49. The van der Waals surface area contributed by atoms with Gasteiger partial charge in [-0.05, 0) is 33.4 Å². The summed E-state index contributed by atoms with van der Waals surface area (Å²) in [6.45, 7) is 0.854. The van der Waals surface area contributed by atoms with Gasteiger partial charge in [0.1, 0.15) is 0 Å². The first-order chi connectivity index (χ1) is 8.37. The predicted molar refractivity (Wildman–Crippen MR) is 68.6 cm³/mol. The molecule has 0 radical (unpaired) electrons. The summed E-state index contributed by atoms with van der Waals surface area (Å²) >= 11 is 0. The number of rotatable bonds is 6. The number of nitrogens with zero attached hydrogens (tertiary/aromatic N) is 2. The van der Waals surface area contributed by atoms with Crippen LogP contribution in [0.1, 0.15) is 25.7 Å². The molecule has 2 amide bonds. The van der Waals surface area contributed by atoms with Gasteiger partial charge in [0.2, 0.25) is 0 Å². The second-order valence-corrected chi connectivity index (χ2v) is 5.20. The smallest absolute Gasteiger partial charge is 0.317 e. The summed E-state index contributed by atoms with van der Waals surface area (Å²) in [5.41, 5.74) is 0.0961. The number of aliphatic carboxylic acids is 1. The van der Waals surface area contributed by atoms with Crippen molar-refractivity contribution in [3.05, 3.63) is 0 Å². The van der Waals surface area contributed by atoms with Crippen LogP contribution >= 0.6 is 0 Å². The van der Waals surface area contributed by atoms with Gasteiger partial charge in [0.05, 0.1) is 6.42 Å². The lowest BCUT2D eigenvalue weighted by atomic mass is 9.75. The minimum atomic E-state index is -0.901. The number of hydrogen-bond acceptors (Lipinski definition) is 3. The molecule has 104 valence electrons. The molecule has 0 bridgehead atoms. The third kappa shape index (κ3) is 3.60. The number of urea groups is 1. The maximum Gasteiger partial charge on any atom is 0.317 e. The molecule has 1 aliphatic carbocycles. The largest absolute Gasteiger partial charge is 0.481 e. The number of amides is 2. The SMILES string of the molecule is CN(CC1(N(C)C)CCC1)C(=O)NCCC(=O)O. The van der Waals surface area contributed by atoms with Crippen LogP contribution in [0.3, 0.4) is 0 Å². The third-order valence-corrected chi connectivity index (χ3v) is 3.73. The van der Waals surface area contributed by atoms with Crippen molar-refractivity contribution in [3.8, 4) is 0 Å². The van der Waals surface area contributed by atoms with E-state index in [2.05, 4.69) is 10.2 Å². The fourth-order valence-corrected chi connectivity index (χ4v) is 2.26. The van der Waals surface area contributed by atoms with E-state index in [1.54, 1.807) is 11.9 Å². The fraction of sp³-hybridized carbons (Fsp3) is 0.833. The van der Waals surface area contributed by atoms with Gasteiger partial charge in [0.25, 0.3) is 0 Å². The molecule has 0 heterocycles. The Hall–Kier alpha value is -1.30. The Kier molecular flexibility index (Phi) is 4.95. The van der Waals surface area contributed by atoms with E-state index in [4.69, 9.17) is 5.11 Å². The van der Waals surface area contributed by atoms with Crippen LogP contribution in [0.25, 0.3) is 0 Å². The number of hydrogen-bond donors (Lipinski definition) is 2. The van der Waals surface area contributed by atoms with E-state index in [9.17, 15) is 9.59 Å². The van der Waals surface area contributed by atoms with Crippen LogP contribution < -0.4 is 5.32 Å². The molecule has 18 heavy (non-hydrogen) atoms. The van der Waals surface area contributed by atoms with Gasteiger partial charge in [-0.2, -0.15) is 0 Å². The number of likely N-dealkylation sites (N-methyl/N-ethyl adjacent to an activating group) is 2. The van der Waals surface area contributed by atoms with Crippen molar-refractivity contribution in [2.24, 2.45) is 0 Å². The quantitative estimate of drug-likeness (QED) is 0.730. The molecular weight excluding hydrogens is 234 g/mol. The first kappa shape index (κ1) is 14.8. The zero-order chi connectivity index (χ0) is 13.8. The highest BCUT2D eigenvalue weighted by atomic mass is 16.4. The van der Waals surface area contributed by atoms with Gasteiger partial charge in [-0.25, -0.2) is 4.79 Å². The summed E-state index contributed by atoms with van der Waals surface area (Å²) in [5.74, 6) is -0.901. The fourth-order valence-electron chi connectivity index (χ4n) is 2.26. The second-order valence-electron chi connectivity index (χ2n) is 5.20. The average Bonchev–Trinajstić information content (AvgIpc) is 2.21. The van der Waals surface area contributed by atoms with Crippen LogP contribution in [0.2, 0.25) is 0 Å². The molecule has 0 aromatic rings. The van der Waals surface area contributed by atoms with Crippen molar-refractivity contribution in [3.63, 3.8) is 0 Å². The number of carbonyl (C=O) groups is 2. The van der Waals surface area contributed by atoms with Crippen molar-refractivity contribution in [2.75, 3.05) is 34.2 Å². The van der Waals surface area contributed by atoms with E-state index in [-0.39, 0.29) is 24.5 Å². The van der Waals surface area contributed by atoms with Gasteiger partial charge >= 0.3 is 12.0 Å². The van der Waals surface area contributed by atoms with Crippen LogP contribution in [0.5, 0.6) is 0 Å². The predicted octanol–water partition coefficient (Wildman–Crippen LogP) is 0.587. The van der Waals surface area contributed by atoms with Gasteiger partial charge in [-0.1, -0.05) is 0 Å². The monoisotopic (exact) mass is 257 g/mol. The van der Waals surface area contributed by atoms with Crippen LogP contribution in [-0.2, 0) is 4.79 Å². The number of carboxylic acid groups (broad SMARTS) is 1. The molecule has 0 atom stereocenters. The Morgan fingerprint density at radius 3 is 2.28 bits per heavy atom. The minimum absolute atomic E-state index is 0.0433. The van der Waals surface area contributed by atoms with Crippen LogP contribution in [-0.4, -0.2) is 66.7 Å². The molecule has 0 saturated heterocycles. The van der Waals surface area contributed by atoms with Gasteiger partial charge in [0.15, 0.2) is 0 Å². The molecule has 1 saturated carbocycles. The number of nitrogens with one attached hydrogen (secondary N) is 1. The Morgan fingerprint density at radius 2 is 1.89 bits per heavy atom. The molecule has 6 nitrogen and oxygen atoms in total. The molecule has 0 unspecified atom stereocenters. The van der Waals surface area contributed by atoms with Crippen LogP contribution in [0, 0.1) is 0 Å². The third-order valence-electron chi connectivity index (χ3n) is 3.73. The highest BCUT2D eigenvalue weighted by Crippen LogP contribution is 2.36. The normalized spacial score (nSPS) is 17.1. The molecule has 0 spiro atoms. The molecule has 6 heteroatoms. The number of carboxylic acids is 1. The van der Waals surface area contributed by atoms with Crippen molar-refractivity contribution in [1.29, 1.82) is 0 Å². The molecule has 1 fully saturated rings. The molecular formula is C12H23N3O3. The van der Waals surface area contributed by atoms with E-state index in [0.717, 1.165) is 12.8 Å². The maximum atomic E-state index is 11.8. The standard InChI is InChI=1S/C12H23N3O3/c1-14(2)12(6-4-7-12)9-15(3)11(18)13-8-5-10(16)17/h4-9H2,1-3H3,(H,13,18)(H,16,17). The molecule has 0 aliphatic heterocycles. The second kappa shape index (κ2) is 6.04. The summed E-state index contributed by atoms with van der Waals surface area (Å²) in [6.07, 6.45) is 3.37. The molecule has 0 aromatic heterocycles. The Bertz CT molecular complexity index is 314. The minimum Gasteiger partial charge on any atom is -0.481 e. The first-order valence-electron chi connectivity index (χ1n) is 6.25. The Morgan fingerprint density at radius 1 is 1.28 bits per heavy atom. The average molecular weight is 257 g/mol. The molecule has 1 aliphatic rings. The zero-order valence-corrected chi connectivity index (χ0v) is 11.4. The Labute approximate surface area is 108 Å². The highest BCUT2D eigenvalue weighted by molar-refractivity contribution is 5.75. The van der Waals surface area contributed by atoms with E-state index in [1.807, 2.05) is 14.1 Å². The van der Waals surface area contributed by atoms with Crippen LogP contribution in [0.15, 0.2) is 0 Å². The van der Waals surface area contributed by atoms with Crippen LogP contribution in [0.4, 0.5) is 4.79 Å². The van der Waals surface area contributed by atoms with Gasteiger partial charge in [-0.15, -0.1) is 0 Å². The van der Waals surface area contributed by atoms with Crippen molar-refractivity contribution in [1.82, 2.24) is 15.1 Å². The highest BCUT2D eigenvalue weighted by Gasteiger charge is 2.40. The summed E-state index contributed by atoms with van der Waals surface area (Å²) < 4.78 is 0. The van der Waals surface area contributed by atoms with Crippen molar-refractivity contribution in [2.45, 2.75) is 31.2 Å². The van der Waals surface area contributed by atoms with Gasteiger partial charge in [0, 0.05) is 25.7 Å². The lowest BCUT2D eigenvalue weighted by molar-refractivity contribution is -0.136. The first-order valence-corrected chi connectivity index (χ1v) is 6.25. The van der Waals surface area contributed by atoms with Crippen molar-refractivity contribution >= 4 is 12.0 Å². The van der Waals surface area contributed by atoms with Gasteiger partial charge < -0.3 is 20.2 Å². The summed E-state index contributed by atoms with van der Waals surface area (Å²) in [7, 11) is 5.82. The summed E-state index contributed by atoms with van der Waals surface area (Å²) in [4.78, 5) is 25.9. The summed E-state index contributed by atoms with van der Waals surface area (Å²) in [6, 6.07) is -0.204. The lowest BCUT2D eigenvalue weighted by Crippen LogP contribution is -2.58. The molecule has 2 N–H and O–H groups in total. The summed E-state index contributed by atoms with van der Waals surface area (Å²) in [5, 5.41) is 11.1. The molecule has 1 rings (SSSR count). The van der Waals surface area contributed by atoms with E-state index in [0.29, 0.717) is 6.54 Å². The number of carbonyl (C=O) groups excluding carboxylic acids is 1. The van der Waals surface area contributed by atoms with E-state index in [1.165, 1.54) is 6.42 Å². The zero-order valence-electron chi connectivity index (χ0n) is 11.4. The topological polar surface area (TPSA) is 72.9 Å². The van der Waals surface area contributed by atoms with E-state index >= 15 is 0 Å². The Balaban J connectivity index is 2.37. The van der Waals surface area contributed by atoms with Crippen molar-refractivity contribution < 1.29 is 14.7 Å². The van der Waals surface area contributed by atoms with E-state index < -0.39 is 5.97 Å². The van der Waals surface area contributed by atoms with Gasteiger partial charge in [-0.3, -0.25) is 4.79 Å². The molecule has 0 aromatic carbocycles. The maximum absolute atomic E-state index is 11.8.